The molecule has 2 saturated heterocycles. The number of hydrogen-bond donors (Lipinski definition) is 2. The van der Waals surface area contributed by atoms with Gasteiger partial charge in [-0.15, -0.1) is 0 Å². The zero-order valence-electron chi connectivity index (χ0n) is 15.9. The Kier molecular flexibility index (Phi) is 7.26. The highest BCUT2D eigenvalue weighted by Crippen LogP contribution is 2.31. The number of nitrogens with zero attached hydrogens (tertiary/aromatic N) is 1. The Bertz CT molecular complexity index is 448. The third-order valence-corrected chi connectivity index (χ3v) is 5.29. The number of rotatable bonds is 5. The summed E-state index contributed by atoms with van der Waals surface area (Å²) < 4.78 is 5.35. The van der Waals surface area contributed by atoms with E-state index in [9.17, 15) is 4.79 Å². The van der Waals surface area contributed by atoms with E-state index in [1.54, 1.807) is 0 Å². The fraction of sp³-hybridized carbons (Fsp3) is 0.842. The van der Waals surface area contributed by atoms with E-state index in [4.69, 9.17) is 4.74 Å². The highest BCUT2D eigenvalue weighted by molar-refractivity contribution is 5.82. The molecule has 0 aromatic heterocycles. The quantitative estimate of drug-likeness (QED) is 0.595. The molecule has 2 fully saturated rings. The number of nitrogens with one attached hydrogen (secondary N) is 2. The van der Waals surface area contributed by atoms with Crippen molar-refractivity contribution in [1.29, 1.82) is 0 Å². The van der Waals surface area contributed by atoms with Crippen LogP contribution in [0.5, 0.6) is 0 Å². The minimum atomic E-state index is -0.0746. The lowest BCUT2D eigenvalue weighted by Crippen LogP contribution is -2.48. The van der Waals surface area contributed by atoms with E-state index in [0.29, 0.717) is 0 Å². The summed E-state index contributed by atoms with van der Waals surface area (Å²) in [5.41, 5.74) is 3.08. The van der Waals surface area contributed by atoms with Gasteiger partial charge in [0.2, 0.25) is 5.91 Å². The fourth-order valence-electron chi connectivity index (χ4n) is 3.34. The van der Waals surface area contributed by atoms with E-state index in [2.05, 4.69) is 43.2 Å². The molecule has 2 rings (SSSR count). The summed E-state index contributed by atoms with van der Waals surface area (Å²) in [7, 11) is 0. The molecule has 0 saturated carbocycles. The van der Waals surface area contributed by atoms with Gasteiger partial charge in [0.25, 0.3) is 0 Å². The molecule has 0 radical (unpaired) electrons. The van der Waals surface area contributed by atoms with Crippen molar-refractivity contribution in [2.24, 2.45) is 5.41 Å². The van der Waals surface area contributed by atoms with Crippen LogP contribution in [0.3, 0.4) is 0 Å². The normalized spacial score (nSPS) is 25.4. The predicted octanol–water partition coefficient (Wildman–Crippen LogP) is 1.94. The molecule has 2 aliphatic rings. The largest absolute Gasteiger partial charge is 0.379 e. The first-order chi connectivity index (χ1) is 11.4. The van der Waals surface area contributed by atoms with Crippen molar-refractivity contribution in [2.75, 3.05) is 45.9 Å². The first-order valence-electron chi connectivity index (χ1n) is 9.38. The second kappa shape index (κ2) is 8.97. The summed E-state index contributed by atoms with van der Waals surface area (Å²) in [6.07, 6.45) is 2.91. The number of amides is 1. The van der Waals surface area contributed by atoms with Gasteiger partial charge in [0, 0.05) is 19.6 Å². The molecule has 1 unspecified atom stereocenters. The van der Waals surface area contributed by atoms with Crippen molar-refractivity contribution >= 4 is 5.91 Å². The van der Waals surface area contributed by atoms with Crippen LogP contribution in [0.4, 0.5) is 0 Å². The molecule has 2 heterocycles. The average molecular weight is 338 g/mol. The van der Waals surface area contributed by atoms with Crippen LogP contribution in [-0.2, 0) is 9.53 Å². The Hall–Kier alpha value is -0.910. The molecule has 0 aliphatic carbocycles. The van der Waals surface area contributed by atoms with Crippen LogP contribution >= 0.6 is 0 Å². The molecular weight excluding hydrogens is 302 g/mol. The van der Waals surface area contributed by atoms with E-state index >= 15 is 0 Å². The Balaban J connectivity index is 1.73. The number of carbonyl (C=O) groups excluding carboxylic acids is 1. The minimum absolute atomic E-state index is 0.0746. The van der Waals surface area contributed by atoms with E-state index in [1.165, 1.54) is 11.1 Å². The number of morpholine rings is 1. The van der Waals surface area contributed by atoms with Gasteiger partial charge in [0.15, 0.2) is 0 Å². The zero-order chi connectivity index (χ0) is 17.6. The van der Waals surface area contributed by atoms with Gasteiger partial charge in [0.1, 0.15) is 0 Å². The van der Waals surface area contributed by atoms with Crippen molar-refractivity contribution in [3.05, 3.63) is 11.1 Å². The van der Waals surface area contributed by atoms with Crippen molar-refractivity contribution in [1.82, 2.24) is 15.5 Å². The molecule has 0 bridgehead atoms. The Morgan fingerprint density at radius 2 is 2.04 bits per heavy atom. The summed E-state index contributed by atoms with van der Waals surface area (Å²) in [6.45, 7) is 15.3. The molecule has 1 atom stereocenters. The summed E-state index contributed by atoms with van der Waals surface area (Å²) in [6, 6.07) is -0.0746. The van der Waals surface area contributed by atoms with Crippen molar-refractivity contribution < 1.29 is 9.53 Å². The van der Waals surface area contributed by atoms with Gasteiger partial charge < -0.3 is 15.4 Å². The van der Waals surface area contributed by atoms with Gasteiger partial charge >= 0.3 is 0 Å². The van der Waals surface area contributed by atoms with Crippen LogP contribution in [-0.4, -0.2) is 62.8 Å². The van der Waals surface area contributed by atoms with Crippen LogP contribution in [0.25, 0.3) is 0 Å². The summed E-state index contributed by atoms with van der Waals surface area (Å²) in [5.74, 6) is 0.149. The van der Waals surface area contributed by atoms with E-state index in [1.807, 2.05) is 0 Å². The molecule has 0 spiro atoms. The molecule has 2 N–H and O–H groups in total. The molecule has 24 heavy (non-hydrogen) atoms. The lowest BCUT2D eigenvalue weighted by atomic mass is 9.81. The van der Waals surface area contributed by atoms with Crippen LogP contribution < -0.4 is 10.6 Å². The third-order valence-electron chi connectivity index (χ3n) is 5.29. The van der Waals surface area contributed by atoms with E-state index < -0.39 is 0 Å². The second-order valence-electron chi connectivity index (χ2n) is 8.04. The molecule has 5 heteroatoms. The maximum atomic E-state index is 12.4. The van der Waals surface area contributed by atoms with Crippen LogP contribution in [0.2, 0.25) is 0 Å². The highest BCUT2D eigenvalue weighted by atomic mass is 16.5. The first kappa shape index (κ1) is 19.4. The number of piperidine rings is 1. The summed E-state index contributed by atoms with van der Waals surface area (Å²) in [4.78, 5) is 14.8. The molecule has 138 valence electrons. The van der Waals surface area contributed by atoms with Crippen LogP contribution in [0.15, 0.2) is 11.1 Å². The molecular formula is C19H35N3O2. The zero-order valence-corrected chi connectivity index (χ0v) is 15.9. The monoisotopic (exact) mass is 337 g/mol. The third kappa shape index (κ3) is 5.87. The minimum Gasteiger partial charge on any atom is -0.379 e. The van der Waals surface area contributed by atoms with Crippen molar-refractivity contribution in [3.8, 4) is 0 Å². The van der Waals surface area contributed by atoms with Gasteiger partial charge in [-0.3, -0.25) is 9.69 Å². The lowest BCUT2D eigenvalue weighted by Gasteiger charge is -2.31. The van der Waals surface area contributed by atoms with Crippen molar-refractivity contribution in [2.45, 2.75) is 53.0 Å². The maximum absolute atomic E-state index is 12.4. The number of ether oxygens (including phenoxy) is 1. The highest BCUT2D eigenvalue weighted by Gasteiger charge is 2.26. The molecule has 1 amide bonds. The second-order valence-corrected chi connectivity index (χ2v) is 8.04. The van der Waals surface area contributed by atoms with Gasteiger partial charge in [-0.05, 0) is 44.7 Å². The van der Waals surface area contributed by atoms with Gasteiger partial charge in [-0.1, -0.05) is 31.9 Å². The number of allylic oxidation sites excluding steroid dienone is 1. The summed E-state index contributed by atoms with van der Waals surface area (Å²) >= 11 is 0. The van der Waals surface area contributed by atoms with E-state index in [0.717, 1.165) is 65.2 Å². The Labute approximate surface area is 147 Å². The molecule has 5 nitrogen and oxygen atoms in total. The first-order valence-corrected chi connectivity index (χ1v) is 9.38. The molecule has 0 aromatic rings. The number of hydrogen-bond acceptors (Lipinski definition) is 4. The van der Waals surface area contributed by atoms with Crippen LogP contribution in [0, 0.1) is 5.41 Å². The standard InChI is InChI=1S/C19H35N3O2/c1-15(19(2,3)4)16-6-8-20-17(14-16)18(23)21-7-5-9-22-10-12-24-13-11-22/h17,20H,5-14H2,1-4H3,(H,21,23)/b16-15-. The predicted molar refractivity (Wildman–Crippen MR) is 98.1 cm³/mol. The van der Waals surface area contributed by atoms with E-state index in [-0.39, 0.29) is 17.4 Å². The molecule has 0 aromatic carbocycles. The van der Waals surface area contributed by atoms with Crippen LogP contribution in [0.1, 0.15) is 47.0 Å². The number of carbonyl (C=O) groups is 1. The SMILES string of the molecule is C/C(=C1\CCNC(C(=O)NCCCN2CCOCC2)C1)C(C)(C)C. The fourth-order valence-corrected chi connectivity index (χ4v) is 3.34. The summed E-state index contributed by atoms with van der Waals surface area (Å²) in [5, 5.41) is 6.48. The van der Waals surface area contributed by atoms with Gasteiger partial charge in [-0.25, -0.2) is 0 Å². The lowest BCUT2D eigenvalue weighted by molar-refractivity contribution is -0.123. The average Bonchev–Trinajstić information content (AvgIpc) is 2.58. The molecule has 2 aliphatic heterocycles. The smallest absolute Gasteiger partial charge is 0.237 e. The topological polar surface area (TPSA) is 53.6 Å². The Morgan fingerprint density at radius 1 is 1.33 bits per heavy atom. The van der Waals surface area contributed by atoms with Gasteiger partial charge in [0.05, 0.1) is 19.3 Å². The maximum Gasteiger partial charge on any atom is 0.237 e. The Morgan fingerprint density at radius 3 is 2.71 bits per heavy atom. The van der Waals surface area contributed by atoms with Crippen molar-refractivity contribution in [3.63, 3.8) is 0 Å². The van der Waals surface area contributed by atoms with Gasteiger partial charge in [-0.2, -0.15) is 0 Å².